The van der Waals surface area contributed by atoms with E-state index in [-0.39, 0.29) is 17.9 Å². The highest BCUT2D eigenvalue weighted by atomic mass is 16.3. The zero-order valence-corrected chi connectivity index (χ0v) is 12.7. The molecule has 1 rings (SSSR count). The number of carbonyl (C=O) groups excluding carboxylic acids is 2. The lowest BCUT2D eigenvalue weighted by Crippen LogP contribution is -2.44. The van der Waals surface area contributed by atoms with Crippen molar-refractivity contribution in [3.63, 3.8) is 0 Å². The predicted molar refractivity (Wildman–Crippen MR) is 78.2 cm³/mol. The fraction of sp³-hybridized carbons (Fsp3) is 0.867. The summed E-state index contributed by atoms with van der Waals surface area (Å²) < 4.78 is 0. The van der Waals surface area contributed by atoms with E-state index in [4.69, 9.17) is 0 Å². The van der Waals surface area contributed by atoms with Gasteiger partial charge in [0, 0.05) is 25.4 Å². The van der Waals surface area contributed by atoms with Crippen LogP contribution in [0.2, 0.25) is 0 Å². The number of carbonyl (C=O) groups is 2. The van der Waals surface area contributed by atoms with Crippen LogP contribution in [0.4, 0.5) is 0 Å². The van der Waals surface area contributed by atoms with Gasteiger partial charge in [0.1, 0.15) is 0 Å². The van der Waals surface area contributed by atoms with Crippen LogP contribution in [0.3, 0.4) is 0 Å². The summed E-state index contributed by atoms with van der Waals surface area (Å²) >= 11 is 0. The third kappa shape index (κ3) is 6.89. The zero-order valence-electron chi connectivity index (χ0n) is 12.7. The minimum Gasteiger partial charge on any atom is -0.388 e. The van der Waals surface area contributed by atoms with Gasteiger partial charge in [-0.1, -0.05) is 19.3 Å². The summed E-state index contributed by atoms with van der Waals surface area (Å²) in [5.41, 5.74) is -0.719. The van der Waals surface area contributed by atoms with Gasteiger partial charge in [0.05, 0.1) is 5.60 Å². The topological polar surface area (TPSA) is 78.4 Å². The van der Waals surface area contributed by atoms with Crippen molar-refractivity contribution in [2.75, 3.05) is 6.54 Å². The fourth-order valence-electron chi connectivity index (χ4n) is 2.54. The average Bonchev–Trinajstić information content (AvgIpc) is 2.36. The van der Waals surface area contributed by atoms with Crippen molar-refractivity contribution in [3.8, 4) is 0 Å². The molecule has 1 aliphatic rings. The Kier molecular flexibility index (Phi) is 6.99. The standard InChI is InChI=1S/C15H28N2O3/c1-12(2)17-14(19)8-6-7-13(18)16-11-15(20)9-4-3-5-10-15/h12,20H,3-11H2,1-2H3,(H,16,18)(H,17,19). The molecule has 0 unspecified atom stereocenters. The first-order valence-corrected chi connectivity index (χ1v) is 7.70. The van der Waals surface area contributed by atoms with Crippen molar-refractivity contribution >= 4 is 11.8 Å². The van der Waals surface area contributed by atoms with Crippen LogP contribution in [0.1, 0.15) is 65.2 Å². The summed E-state index contributed by atoms with van der Waals surface area (Å²) in [6, 6.07) is 0.136. The van der Waals surface area contributed by atoms with Gasteiger partial charge in [-0.25, -0.2) is 0 Å². The summed E-state index contributed by atoms with van der Waals surface area (Å²) in [6.45, 7) is 4.16. The van der Waals surface area contributed by atoms with E-state index in [2.05, 4.69) is 10.6 Å². The van der Waals surface area contributed by atoms with Gasteiger partial charge in [-0.2, -0.15) is 0 Å². The van der Waals surface area contributed by atoms with Crippen molar-refractivity contribution in [3.05, 3.63) is 0 Å². The average molecular weight is 284 g/mol. The van der Waals surface area contributed by atoms with Crippen molar-refractivity contribution in [1.82, 2.24) is 10.6 Å². The molecule has 0 aromatic rings. The van der Waals surface area contributed by atoms with E-state index in [1.165, 1.54) is 6.42 Å². The zero-order chi connectivity index (χ0) is 15.0. The van der Waals surface area contributed by atoms with Crippen LogP contribution in [-0.2, 0) is 9.59 Å². The minimum atomic E-state index is -0.719. The molecule has 0 spiro atoms. The van der Waals surface area contributed by atoms with E-state index < -0.39 is 5.60 Å². The number of hydrogen-bond donors (Lipinski definition) is 3. The quantitative estimate of drug-likeness (QED) is 0.663. The van der Waals surface area contributed by atoms with Crippen molar-refractivity contribution in [2.24, 2.45) is 0 Å². The Morgan fingerprint density at radius 3 is 2.30 bits per heavy atom. The number of nitrogens with one attached hydrogen (secondary N) is 2. The van der Waals surface area contributed by atoms with Crippen LogP contribution in [-0.4, -0.2) is 35.1 Å². The molecule has 116 valence electrons. The maximum absolute atomic E-state index is 11.7. The number of rotatable bonds is 7. The second-order valence-corrected chi connectivity index (χ2v) is 6.14. The molecule has 0 heterocycles. The molecule has 0 bridgehead atoms. The van der Waals surface area contributed by atoms with Gasteiger partial charge in [-0.05, 0) is 33.1 Å². The van der Waals surface area contributed by atoms with Crippen LogP contribution in [0.25, 0.3) is 0 Å². The SMILES string of the molecule is CC(C)NC(=O)CCCC(=O)NCC1(O)CCCCC1. The van der Waals surface area contributed by atoms with Gasteiger partial charge in [0.15, 0.2) is 0 Å². The minimum absolute atomic E-state index is 0.0151. The van der Waals surface area contributed by atoms with E-state index in [1.807, 2.05) is 13.8 Å². The highest BCUT2D eigenvalue weighted by molar-refractivity contribution is 5.78. The molecule has 2 amide bonds. The molecule has 0 aromatic carbocycles. The largest absolute Gasteiger partial charge is 0.388 e. The summed E-state index contributed by atoms with van der Waals surface area (Å²) in [6.07, 6.45) is 6.01. The molecule has 0 aromatic heterocycles. The first kappa shape index (κ1) is 17.0. The van der Waals surface area contributed by atoms with Crippen LogP contribution >= 0.6 is 0 Å². The van der Waals surface area contributed by atoms with E-state index in [1.54, 1.807) is 0 Å². The van der Waals surface area contributed by atoms with Gasteiger partial charge >= 0.3 is 0 Å². The smallest absolute Gasteiger partial charge is 0.220 e. The monoisotopic (exact) mass is 284 g/mol. The molecule has 1 aliphatic carbocycles. The Hall–Kier alpha value is -1.10. The van der Waals surface area contributed by atoms with Gasteiger partial charge < -0.3 is 15.7 Å². The molecule has 20 heavy (non-hydrogen) atoms. The second-order valence-electron chi connectivity index (χ2n) is 6.14. The van der Waals surface area contributed by atoms with Gasteiger partial charge in [0.25, 0.3) is 0 Å². The van der Waals surface area contributed by atoms with Crippen LogP contribution in [0.5, 0.6) is 0 Å². The lowest BCUT2D eigenvalue weighted by Gasteiger charge is -2.32. The molecular formula is C15H28N2O3. The Morgan fingerprint density at radius 2 is 1.70 bits per heavy atom. The fourth-order valence-corrected chi connectivity index (χ4v) is 2.54. The molecule has 1 saturated carbocycles. The van der Waals surface area contributed by atoms with Crippen molar-refractivity contribution < 1.29 is 14.7 Å². The molecule has 5 heteroatoms. The molecule has 0 aliphatic heterocycles. The maximum atomic E-state index is 11.7. The van der Waals surface area contributed by atoms with Gasteiger partial charge in [-0.3, -0.25) is 9.59 Å². The third-order valence-corrected chi connectivity index (χ3v) is 3.66. The van der Waals surface area contributed by atoms with E-state index in [0.29, 0.717) is 25.8 Å². The summed E-state index contributed by atoms with van der Waals surface area (Å²) in [4.78, 5) is 23.1. The maximum Gasteiger partial charge on any atom is 0.220 e. The van der Waals surface area contributed by atoms with Crippen LogP contribution < -0.4 is 10.6 Å². The molecule has 0 atom stereocenters. The lowest BCUT2D eigenvalue weighted by atomic mass is 9.85. The number of hydrogen-bond acceptors (Lipinski definition) is 3. The van der Waals surface area contributed by atoms with Crippen molar-refractivity contribution in [2.45, 2.75) is 76.9 Å². The first-order valence-electron chi connectivity index (χ1n) is 7.70. The van der Waals surface area contributed by atoms with Crippen LogP contribution in [0, 0.1) is 0 Å². The number of amides is 2. The van der Waals surface area contributed by atoms with E-state index in [0.717, 1.165) is 25.7 Å². The molecule has 1 fully saturated rings. The van der Waals surface area contributed by atoms with E-state index in [9.17, 15) is 14.7 Å². The molecule has 3 N–H and O–H groups in total. The highest BCUT2D eigenvalue weighted by Crippen LogP contribution is 2.27. The van der Waals surface area contributed by atoms with Crippen LogP contribution in [0.15, 0.2) is 0 Å². The lowest BCUT2D eigenvalue weighted by molar-refractivity contribution is -0.123. The molecule has 0 radical (unpaired) electrons. The highest BCUT2D eigenvalue weighted by Gasteiger charge is 2.29. The summed E-state index contributed by atoms with van der Waals surface area (Å²) in [7, 11) is 0. The Labute approximate surface area is 121 Å². The number of aliphatic hydroxyl groups is 1. The normalized spacial score (nSPS) is 17.8. The van der Waals surface area contributed by atoms with Crippen molar-refractivity contribution in [1.29, 1.82) is 0 Å². The Balaban J connectivity index is 2.12. The second kappa shape index (κ2) is 8.25. The molecule has 0 saturated heterocycles. The van der Waals surface area contributed by atoms with E-state index >= 15 is 0 Å². The van der Waals surface area contributed by atoms with Gasteiger partial charge in [-0.15, -0.1) is 0 Å². The summed E-state index contributed by atoms with van der Waals surface area (Å²) in [5, 5.41) is 15.8. The third-order valence-electron chi connectivity index (χ3n) is 3.66. The molecular weight excluding hydrogens is 256 g/mol. The van der Waals surface area contributed by atoms with Gasteiger partial charge in [0.2, 0.25) is 11.8 Å². The molecule has 5 nitrogen and oxygen atoms in total. The Bertz CT molecular complexity index is 323. The summed E-state index contributed by atoms with van der Waals surface area (Å²) in [5.74, 6) is -0.0972. The predicted octanol–water partition coefficient (Wildman–Crippen LogP) is 1.49. The first-order chi connectivity index (χ1) is 9.41. The Morgan fingerprint density at radius 1 is 1.10 bits per heavy atom.